The molecule has 1 aliphatic rings. The Bertz CT molecular complexity index is 302. The molecule has 0 heterocycles. The second-order valence-electron chi connectivity index (χ2n) is 5.82. The molecular formula is C13H25NOS. The second kappa shape index (κ2) is 4.26. The van der Waals surface area contributed by atoms with Gasteiger partial charge in [-0.1, -0.05) is 19.9 Å². The van der Waals surface area contributed by atoms with Crippen LogP contribution in [0.5, 0.6) is 0 Å². The molecule has 0 aromatic rings. The van der Waals surface area contributed by atoms with E-state index in [0.717, 1.165) is 19.3 Å². The minimum atomic E-state index is -1.02. The minimum absolute atomic E-state index is 0.103. The molecule has 0 aliphatic heterocycles. The van der Waals surface area contributed by atoms with Crippen LogP contribution < -0.4 is 4.72 Å². The van der Waals surface area contributed by atoms with E-state index in [4.69, 9.17) is 0 Å². The van der Waals surface area contributed by atoms with Crippen LogP contribution in [0.2, 0.25) is 0 Å². The van der Waals surface area contributed by atoms with Gasteiger partial charge in [0.05, 0.1) is 21.3 Å². The lowest BCUT2D eigenvalue weighted by Gasteiger charge is -2.26. The highest BCUT2D eigenvalue weighted by Gasteiger charge is 2.64. The molecule has 2 atom stereocenters. The number of hydrogen-bond donors (Lipinski definition) is 1. The molecular weight excluding hydrogens is 218 g/mol. The first-order valence-electron chi connectivity index (χ1n) is 6.10. The Kier molecular flexibility index (Phi) is 3.71. The quantitative estimate of drug-likeness (QED) is 0.738. The van der Waals surface area contributed by atoms with Crippen LogP contribution in [0.4, 0.5) is 0 Å². The Hall–Kier alpha value is -0.150. The highest BCUT2D eigenvalue weighted by Crippen LogP contribution is 2.61. The molecule has 1 fully saturated rings. The third-order valence-corrected chi connectivity index (χ3v) is 5.63. The Morgan fingerprint density at radius 2 is 1.88 bits per heavy atom. The Labute approximate surface area is 102 Å². The van der Waals surface area contributed by atoms with Gasteiger partial charge in [0, 0.05) is 0 Å². The minimum Gasteiger partial charge on any atom is -0.242 e. The zero-order chi connectivity index (χ0) is 12.6. The zero-order valence-corrected chi connectivity index (χ0v) is 12.0. The predicted octanol–water partition coefficient (Wildman–Crippen LogP) is 3.17. The van der Waals surface area contributed by atoms with Crippen molar-refractivity contribution in [3.63, 3.8) is 0 Å². The van der Waals surface area contributed by atoms with Crippen LogP contribution in [0.3, 0.4) is 0 Å². The van der Waals surface area contributed by atoms with E-state index in [2.05, 4.69) is 25.1 Å². The normalized spacial score (nSPS) is 29.8. The summed E-state index contributed by atoms with van der Waals surface area (Å²) in [6.07, 6.45) is 5.26. The summed E-state index contributed by atoms with van der Waals surface area (Å²) in [6, 6.07) is 0. The van der Waals surface area contributed by atoms with E-state index in [0.29, 0.717) is 0 Å². The molecule has 0 amide bonds. The first-order chi connectivity index (χ1) is 7.27. The van der Waals surface area contributed by atoms with E-state index in [9.17, 15) is 4.21 Å². The molecule has 0 saturated heterocycles. The molecule has 0 radical (unpaired) electrons. The third-order valence-electron chi connectivity index (χ3n) is 3.97. The van der Waals surface area contributed by atoms with Crippen LogP contribution in [0, 0.1) is 5.41 Å². The van der Waals surface area contributed by atoms with Gasteiger partial charge >= 0.3 is 0 Å². The lowest BCUT2D eigenvalue weighted by Crippen LogP contribution is -2.43. The molecule has 0 spiro atoms. The van der Waals surface area contributed by atoms with Crippen molar-refractivity contribution in [2.75, 3.05) is 0 Å². The van der Waals surface area contributed by atoms with E-state index >= 15 is 0 Å². The van der Waals surface area contributed by atoms with E-state index in [1.165, 1.54) is 0 Å². The fraction of sp³-hybridized carbons (Fsp3) is 0.846. The van der Waals surface area contributed by atoms with Crippen molar-refractivity contribution in [3.05, 3.63) is 12.7 Å². The van der Waals surface area contributed by atoms with Crippen molar-refractivity contribution < 1.29 is 4.21 Å². The molecule has 0 bridgehead atoms. The topological polar surface area (TPSA) is 29.1 Å². The molecule has 1 unspecified atom stereocenters. The van der Waals surface area contributed by atoms with Crippen LogP contribution in [-0.4, -0.2) is 14.5 Å². The molecule has 3 heteroatoms. The SMILES string of the molecule is C=C[C@@]1(NS(=O)C(C)(C)C)CC1(CC)CC. The first kappa shape index (κ1) is 13.9. The summed E-state index contributed by atoms with van der Waals surface area (Å²) in [7, 11) is -1.02. The molecule has 16 heavy (non-hydrogen) atoms. The van der Waals surface area contributed by atoms with Crippen molar-refractivity contribution in [3.8, 4) is 0 Å². The summed E-state index contributed by atoms with van der Waals surface area (Å²) in [4.78, 5) is 0. The average Bonchev–Trinajstić information content (AvgIpc) is 2.86. The van der Waals surface area contributed by atoms with Gasteiger partial charge in [-0.3, -0.25) is 0 Å². The lowest BCUT2D eigenvalue weighted by molar-refractivity contribution is 0.406. The van der Waals surface area contributed by atoms with Crippen molar-refractivity contribution >= 4 is 11.0 Å². The standard InChI is InChI=1S/C13H25NOS/c1-7-12(8-2)10-13(12,9-3)14-16(15)11(4,5)6/h9,14H,3,7-8,10H2,1-2,4-6H3/t13-,16?/m1/s1. The monoisotopic (exact) mass is 243 g/mol. The van der Waals surface area contributed by atoms with Crippen LogP contribution >= 0.6 is 0 Å². The summed E-state index contributed by atoms with van der Waals surface area (Å²) in [5.74, 6) is 0. The highest BCUT2D eigenvalue weighted by atomic mass is 32.2. The molecule has 0 aromatic carbocycles. The molecule has 1 aliphatic carbocycles. The number of rotatable bonds is 5. The lowest BCUT2D eigenvalue weighted by atomic mass is 9.94. The van der Waals surface area contributed by atoms with Gasteiger partial charge in [0.25, 0.3) is 0 Å². The van der Waals surface area contributed by atoms with E-state index in [1.807, 2.05) is 26.8 Å². The van der Waals surface area contributed by atoms with Gasteiger partial charge in [0.15, 0.2) is 0 Å². The predicted molar refractivity (Wildman–Crippen MR) is 71.6 cm³/mol. The zero-order valence-electron chi connectivity index (χ0n) is 11.2. The van der Waals surface area contributed by atoms with E-state index < -0.39 is 11.0 Å². The number of nitrogens with one attached hydrogen (secondary N) is 1. The summed E-state index contributed by atoms with van der Waals surface area (Å²) >= 11 is 0. The molecule has 1 saturated carbocycles. The highest BCUT2D eigenvalue weighted by molar-refractivity contribution is 7.84. The fourth-order valence-electron chi connectivity index (χ4n) is 2.41. The summed E-state index contributed by atoms with van der Waals surface area (Å²) in [5, 5.41) is 0. The summed E-state index contributed by atoms with van der Waals surface area (Å²) in [6.45, 7) is 14.3. The molecule has 1 N–H and O–H groups in total. The molecule has 0 aromatic heterocycles. The smallest absolute Gasteiger partial charge is 0.0978 e. The summed E-state index contributed by atoms with van der Waals surface area (Å²) in [5.41, 5.74) is 0.171. The first-order valence-corrected chi connectivity index (χ1v) is 7.25. The van der Waals surface area contributed by atoms with E-state index in [-0.39, 0.29) is 15.7 Å². The van der Waals surface area contributed by atoms with Crippen molar-refractivity contribution in [2.45, 2.75) is 64.2 Å². The Balaban J connectivity index is 2.81. The molecule has 2 nitrogen and oxygen atoms in total. The Morgan fingerprint density at radius 3 is 2.12 bits per heavy atom. The van der Waals surface area contributed by atoms with Crippen LogP contribution in [0.25, 0.3) is 0 Å². The van der Waals surface area contributed by atoms with Gasteiger partial charge in [-0.25, -0.2) is 8.93 Å². The van der Waals surface area contributed by atoms with E-state index in [1.54, 1.807) is 0 Å². The Morgan fingerprint density at radius 1 is 1.38 bits per heavy atom. The second-order valence-corrected chi connectivity index (χ2v) is 7.79. The van der Waals surface area contributed by atoms with Crippen molar-refractivity contribution in [1.29, 1.82) is 0 Å². The largest absolute Gasteiger partial charge is 0.242 e. The third kappa shape index (κ3) is 2.12. The van der Waals surface area contributed by atoms with Gasteiger partial charge in [0.2, 0.25) is 0 Å². The summed E-state index contributed by atoms with van der Waals surface area (Å²) < 4.78 is 15.2. The van der Waals surface area contributed by atoms with Crippen LogP contribution in [0.15, 0.2) is 12.7 Å². The number of hydrogen-bond acceptors (Lipinski definition) is 1. The van der Waals surface area contributed by atoms with Gasteiger partial charge in [-0.2, -0.15) is 0 Å². The van der Waals surface area contributed by atoms with Crippen LogP contribution in [0.1, 0.15) is 53.9 Å². The van der Waals surface area contributed by atoms with Gasteiger partial charge in [-0.15, -0.1) is 6.58 Å². The van der Waals surface area contributed by atoms with Gasteiger partial charge in [0.1, 0.15) is 0 Å². The van der Waals surface area contributed by atoms with Gasteiger partial charge < -0.3 is 0 Å². The van der Waals surface area contributed by atoms with Crippen LogP contribution in [-0.2, 0) is 11.0 Å². The van der Waals surface area contributed by atoms with Crippen molar-refractivity contribution in [2.24, 2.45) is 5.41 Å². The fourth-order valence-corrected chi connectivity index (χ4v) is 3.42. The molecule has 94 valence electrons. The maximum atomic E-state index is 12.2. The molecule has 1 rings (SSSR count). The van der Waals surface area contributed by atoms with Gasteiger partial charge in [-0.05, 0) is 45.4 Å². The maximum Gasteiger partial charge on any atom is 0.0978 e. The average molecular weight is 243 g/mol. The maximum absolute atomic E-state index is 12.2. The van der Waals surface area contributed by atoms with Crippen molar-refractivity contribution in [1.82, 2.24) is 4.72 Å².